The zero-order chi connectivity index (χ0) is 21.6. The van der Waals surface area contributed by atoms with Crippen molar-refractivity contribution in [3.8, 4) is 0 Å². The molecular weight excluding hydrogens is 382 g/mol. The normalized spacial score (nSPS) is 18.2. The smallest absolute Gasteiger partial charge is 0.435 e. The summed E-state index contributed by atoms with van der Waals surface area (Å²) in [5, 5.41) is 15.9. The van der Waals surface area contributed by atoms with E-state index in [0.717, 1.165) is 5.01 Å². The molecule has 1 aliphatic rings. The first-order chi connectivity index (χ1) is 13.8. The van der Waals surface area contributed by atoms with E-state index in [4.69, 9.17) is 14.2 Å². The number of non-ortho nitro benzene ring substituents is 1. The molecule has 0 spiro atoms. The Labute approximate surface area is 167 Å². The van der Waals surface area contributed by atoms with Crippen LogP contribution in [0.25, 0.3) is 0 Å². The summed E-state index contributed by atoms with van der Waals surface area (Å²) in [5.41, 5.74) is -1.09. The number of carbonyl (C=O) groups excluding carboxylic acids is 2. The molecule has 0 aliphatic carbocycles. The molecule has 0 saturated heterocycles. The second-order valence-corrected chi connectivity index (χ2v) is 6.02. The molecule has 10 heteroatoms. The fourth-order valence-corrected chi connectivity index (χ4v) is 2.92. The maximum absolute atomic E-state index is 13.0. The van der Waals surface area contributed by atoms with E-state index in [9.17, 15) is 19.7 Å². The number of nitro benzene ring substituents is 1. The number of amides is 1. The molecule has 0 bridgehead atoms. The van der Waals surface area contributed by atoms with Gasteiger partial charge in [-0.05, 0) is 26.3 Å². The molecule has 1 unspecified atom stereocenters. The van der Waals surface area contributed by atoms with Crippen molar-refractivity contribution in [2.75, 3.05) is 19.8 Å². The number of hydrogen-bond donors (Lipinski definition) is 0. The molecule has 1 aromatic carbocycles. The number of nitro groups is 1. The Balaban J connectivity index is 2.52. The molecule has 0 N–H and O–H groups in total. The third-order valence-electron chi connectivity index (χ3n) is 4.27. The Hall–Kier alpha value is -3.43. The van der Waals surface area contributed by atoms with Crippen molar-refractivity contribution >= 4 is 23.6 Å². The van der Waals surface area contributed by atoms with Gasteiger partial charge in [0.05, 0.1) is 30.4 Å². The first-order valence-corrected chi connectivity index (χ1v) is 9.10. The zero-order valence-electron chi connectivity index (χ0n) is 16.5. The molecule has 156 valence electrons. The number of benzene rings is 1. The molecule has 10 nitrogen and oxygen atoms in total. The highest BCUT2D eigenvalue weighted by Crippen LogP contribution is 2.42. The van der Waals surface area contributed by atoms with Crippen molar-refractivity contribution in [2.24, 2.45) is 10.5 Å². The van der Waals surface area contributed by atoms with Crippen molar-refractivity contribution in [1.82, 2.24) is 5.01 Å². The van der Waals surface area contributed by atoms with E-state index in [-0.39, 0.29) is 43.5 Å². The summed E-state index contributed by atoms with van der Waals surface area (Å²) in [6.45, 7) is 9.27. The van der Waals surface area contributed by atoms with Crippen LogP contribution in [0, 0.1) is 15.5 Å². The Morgan fingerprint density at radius 3 is 2.28 bits per heavy atom. The summed E-state index contributed by atoms with van der Waals surface area (Å²) in [6.07, 6.45) is -0.818. The van der Waals surface area contributed by atoms with E-state index in [2.05, 4.69) is 11.7 Å². The summed E-state index contributed by atoms with van der Waals surface area (Å²) in [7, 11) is 0. The standard InChI is InChI=1S/C19H23N3O7/c1-5-27-16-19(17(23)28-6-2,13(4)21(20-16)18(24)29-7-3)12-14-8-10-15(11-9-14)22(25)26/h8-11H,4-7,12H2,1-3H3. The minimum atomic E-state index is -1.60. The van der Waals surface area contributed by atoms with Crippen LogP contribution in [0.15, 0.2) is 41.6 Å². The van der Waals surface area contributed by atoms with Crippen LogP contribution in [0.2, 0.25) is 0 Å². The minimum absolute atomic E-state index is 0.0165. The molecule has 1 aliphatic heterocycles. The van der Waals surface area contributed by atoms with Gasteiger partial charge in [0.2, 0.25) is 5.90 Å². The molecule has 1 atom stereocenters. The van der Waals surface area contributed by atoms with Gasteiger partial charge in [0.15, 0.2) is 5.41 Å². The van der Waals surface area contributed by atoms with Crippen LogP contribution in [0.4, 0.5) is 10.5 Å². The topological polar surface area (TPSA) is 121 Å². The van der Waals surface area contributed by atoms with Crippen LogP contribution in [0.5, 0.6) is 0 Å². The van der Waals surface area contributed by atoms with E-state index >= 15 is 0 Å². The zero-order valence-corrected chi connectivity index (χ0v) is 16.5. The summed E-state index contributed by atoms with van der Waals surface area (Å²) >= 11 is 0. The number of esters is 1. The van der Waals surface area contributed by atoms with Gasteiger partial charge in [-0.1, -0.05) is 18.7 Å². The largest absolute Gasteiger partial charge is 0.479 e. The highest BCUT2D eigenvalue weighted by Gasteiger charge is 2.57. The predicted molar refractivity (Wildman–Crippen MR) is 103 cm³/mol. The summed E-state index contributed by atoms with van der Waals surface area (Å²) in [5.74, 6) is -0.739. The second kappa shape index (κ2) is 9.18. The lowest BCUT2D eigenvalue weighted by atomic mass is 9.79. The van der Waals surface area contributed by atoms with E-state index < -0.39 is 22.4 Å². The Bertz CT molecular complexity index is 835. The number of hydrazone groups is 1. The monoisotopic (exact) mass is 405 g/mol. The maximum atomic E-state index is 13.0. The highest BCUT2D eigenvalue weighted by molar-refractivity contribution is 6.08. The lowest BCUT2D eigenvalue weighted by molar-refractivity contribution is -0.384. The molecule has 1 amide bonds. The van der Waals surface area contributed by atoms with Crippen LogP contribution in [0.3, 0.4) is 0 Å². The number of rotatable bonds is 7. The van der Waals surface area contributed by atoms with Gasteiger partial charge in [0, 0.05) is 18.6 Å². The molecule has 0 saturated carbocycles. The van der Waals surface area contributed by atoms with Gasteiger partial charge in [0.25, 0.3) is 5.69 Å². The van der Waals surface area contributed by atoms with Crippen molar-refractivity contribution in [3.63, 3.8) is 0 Å². The molecule has 1 heterocycles. The molecule has 29 heavy (non-hydrogen) atoms. The summed E-state index contributed by atoms with van der Waals surface area (Å²) in [4.78, 5) is 35.7. The number of ether oxygens (including phenoxy) is 3. The molecule has 2 rings (SSSR count). The van der Waals surface area contributed by atoms with E-state index in [1.807, 2.05) is 0 Å². The number of hydrogen-bond acceptors (Lipinski definition) is 8. The first kappa shape index (κ1) is 21.9. The van der Waals surface area contributed by atoms with Crippen LogP contribution < -0.4 is 0 Å². The highest BCUT2D eigenvalue weighted by atomic mass is 16.6. The molecule has 0 fully saturated rings. The quantitative estimate of drug-likeness (QED) is 0.388. The van der Waals surface area contributed by atoms with E-state index in [1.165, 1.54) is 24.3 Å². The second-order valence-electron chi connectivity index (χ2n) is 6.02. The van der Waals surface area contributed by atoms with Crippen LogP contribution in [-0.2, 0) is 25.4 Å². The average molecular weight is 405 g/mol. The summed E-state index contributed by atoms with van der Waals surface area (Å²) < 4.78 is 15.8. The molecule has 0 aromatic heterocycles. The van der Waals surface area contributed by atoms with Crippen LogP contribution in [0.1, 0.15) is 26.3 Å². The van der Waals surface area contributed by atoms with Gasteiger partial charge in [0.1, 0.15) is 0 Å². The van der Waals surface area contributed by atoms with E-state index in [1.54, 1.807) is 20.8 Å². The fourth-order valence-electron chi connectivity index (χ4n) is 2.92. The van der Waals surface area contributed by atoms with Gasteiger partial charge < -0.3 is 14.2 Å². The van der Waals surface area contributed by atoms with Crippen molar-refractivity contribution < 1.29 is 28.7 Å². The maximum Gasteiger partial charge on any atom is 0.435 e. The third kappa shape index (κ3) is 4.20. The van der Waals surface area contributed by atoms with Gasteiger partial charge in [-0.15, -0.1) is 5.10 Å². The number of carbonyl (C=O) groups is 2. The van der Waals surface area contributed by atoms with Crippen molar-refractivity contribution in [2.45, 2.75) is 27.2 Å². The van der Waals surface area contributed by atoms with Crippen molar-refractivity contribution in [1.29, 1.82) is 0 Å². The fraction of sp³-hybridized carbons (Fsp3) is 0.421. The Kier molecular flexibility index (Phi) is 6.92. The van der Waals surface area contributed by atoms with Crippen LogP contribution >= 0.6 is 0 Å². The van der Waals surface area contributed by atoms with Crippen LogP contribution in [-0.4, -0.2) is 47.7 Å². The molecule has 0 radical (unpaired) electrons. The molecular formula is C19H23N3O7. The van der Waals surface area contributed by atoms with E-state index in [0.29, 0.717) is 5.56 Å². The van der Waals surface area contributed by atoms with Gasteiger partial charge in [-0.3, -0.25) is 14.9 Å². The first-order valence-electron chi connectivity index (χ1n) is 9.10. The third-order valence-corrected chi connectivity index (χ3v) is 4.27. The van der Waals surface area contributed by atoms with Gasteiger partial charge >= 0.3 is 12.1 Å². The molecule has 1 aromatic rings. The average Bonchev–Trinajstić information content (AvgIpc) is 2.96. The summed E-state index contributed by atoms with van der Waals surface area (Å²) in [6, 6.07) is 5.69. The Morgan fingerprint density at radius 1 is 1.14 bits per heavy atom. The predicted octanol–water partition coefficient (Wildman–Crippen LogP) is 3.02. The van der Waals surface area contributed by atoms with Crippen molar-refractivity contribution in [3.05, 3.63) is 52.2 Å². The SMILES string of the molecule is C=C1N(C(=O)OCC)N=C(OCC)C1(Cc1ccc([N+](=O)[O-])cc1)C(=O)OCC. The Morgan fingerprint density at radius 2 is 1.76 bits per heavy atom. The number of nitrogens with zero attached hydrogens (tertiary/aromatic N) is 3. The minimum Gasteiger partial charge on any atom is -0.479 e. The van der Waals surface area contributed by atoms with Gasteiger partial charge in [-0.2, -0.15) is 5.01 Å². The lowest BCUT2D eigenvalue weighted by Crippen LogP contribution is -2.44. The lowest BCUT2D eigenvalue weighted by Gasteiger charge is -2.29. The van der Waals surface area contributed by atoms with Gasteiger partial charge in [-0.25, -0.2) is 4.79 Å².